The molecule has 0 aromatic carbocycles. The number of aromatic amines is 1. The number of hydrogen-bond donors (Lipinski definition) is 1. The molecule has 0 radical (unpaired) electrons. The highest BCUT2D eigenvalue weighted by molar-refractivity contribution is 6.30. The summed E-state index contributed by atoms with van der Waals surface area (Å²) < 4.78 is 18.8. The highest BCUT2D eigenvalue weighted by Crippen LogP contribution is 2.35. The SMILES string of the molecule is O=C1c2cnc(F)cc2CCC2CCC(c3noc(-c4cc(Cl)c[nH]4)n3)CN12. The summed E-state index contributed by atoms with van der Waals surface area (Å²) in [6, 6.07) is 3.22. The second-order valence-corrected chi connectivity index (χ2v) is 7.71. The average molecular weight is 402 g/mol. The van der Waals surface area contributed by atoms with Crippen LogP contribution in [0.4, 0.5) is 4.39 Å². The van der Waals surface area contributed by atoms with Crippen molar-refractivity contribution in [3.05, 3.63) is 52.4 Å². The van der Waals surface area contributed by atoms with E-state index in [0.29, 0.717) is 41.0 Å². The molecule has 28 heavy (non-hydrogen) atoms. The number of amides is 1. The summed E-state index contributed by atoms with van der Waals surface area (Å²) in [5.41, 5.74) is 1.87. The van der Waals surface area contributed by atoms with E-state index in [0.717, 1.165) is 24.8 Å². The zero-order valence-electron chi connectivity index (χ0n) is 14.9. The maximum atomic E-state index is 13.5. The van der Waals surface area contributed by atoms with Gasteiger partial charge in [-0.15, -0.1) is 0 Å². The van der Waals surface area contributed by atoms with Gasteiger partial charge in [-0.1, -0.05) is 16.8 Å². The van der Waals surface area contributed by atoms with Crippen LogP contribution in [0.2, 0.25) is 5.02 Å². The first-order valence-electron chi connectivity index (χ1n) is 9.22. The van der Waals surface area contributed by atoms with Gasteiger partial charge in [0.1, 0.15) is 5.69 Å². The van der Waals surface area contributed by atoms with Crippen LogP contribution < -0.4 is 0 Å². The van der Waals surface area contributed by atoms with Gasteiger partial charge in [-0.2, -0.15) is 9.37 Å². The fraction of sp³-hybridized carbons (Fsp3) is 0.368. The van der Waals surface area contributed by atoms with Gasteiger partial charge in [0.25, 0.3) is 11.8 Å². The van der Waals surface area contributed by atoms with Crippen LogP contribution in [-0.2, 0) is 6.42 Å². The quantitative estimate of drug-likeness (QED) is 0.663. The van der Waals surface area contributed by atoms with Gasteiger partial charge in [-0.25, -0.2) is 4.98 Å². The van der Waals surface area contributed by atoms with Gasteiger partial charge < -0.3 is 14.4 Å². The molecule has 3 aromatic heterocycles. The number of halogens is 2. The van der Waals surface area contributed by atoms with E-state index in [9.17, 15) is 9.18 Å². The molecule has 0 spiro atoms. The van der Waals surface area contributed by atoms with Crippen LogP contribution in [-0.4, -0.2) is 43.5 Å². The van der Waals surface area contributed by atoms with Crippen molar-refractivity contribution in [2.24, 2.45) is 0 Å². The molecule has 1 fully saturated rings. The fourth-order valence-electron chi connectivity index (χ4n) is 4.13. The van der Waals surface area contributed by atoms with E-state index in [1.54, 1.807) is 12.3 Å². The average Bonchev–Trinajstić information content (AvgIpc) is 3.32. The third-order valence-electron chi connectivity index (χ3n) is 5.59. The summed E-state index contributed by atoms with van der Waals surface area (Å²) in [5, 5.41) is 4.68. The minimum Gasteiger partial charge on any atom is -0.356 e. The summed E-state index contributed by atoms with van der Waals surface area (Å²) in [6.45, 7) is 0.505. The van der Waals surface area contributed by atoms with Crippen molar-refractivity contribution in [1.29, 1.82) is 0 Å². The summed E-state index contributed by atoms with van der Waals surface area (Å²) in [7, 11) is 0. The molecule has 1 amide bonds. The smallest absolute Gasteiger partial charge is 0.274 e. The van der Waals surface area contributed by atoms with E-state index in [-0.39, 0.29) is 17.9 Å². The van der Waals surface area contributed by atoms with E-state index in [1.165, 1.54) is 12.3 Å². The molecule has 0 aliphatic carbocycles. The first kappa shape index (κ1) is 17.4. The first-order valence-corrected chi connectivity index (χ1v) is 9.59. The minimum absolute atomic E-state index is 0.0157. The van der Waals surface area contributed by atoms with Gasteiger partial charge in [-0.3, -0.25) is 4.79 Å². The molecule has 5 heterocycles. The lowest BCUT2D eigenvalue weighted by Gasteiger charge is -2.37. The maximum Gasteiger partial charge on any atom is 0.274 e. The van der Waals surface area contributed by atoms with Crippen molar-refractivity contribution in [2.75, 3.05) is 6.54 Å². The van der Waals surface area contributed by atoms with Gasteiger partial charge in [0.15, 0.2) is 5.82 Å². The van der Waals surface area contributed by atoms with Gasteiger partial charge in [0.05, 0.1) is 10.6 Å². The van der Waals surface area contributed by atoms with Crippen LogP contribution in [0.3, 0.4) is 0 Å². The lowest BCUT2D eigenvalue weighted by atomic mass is 9.90. The van der Waals surface area contributed by atoms with Crippen molar-refractivity contribution >= 4 is 17.5 Å². The number of piperidine rings is 1. The van der Waals surface area contributed by atoms with E-state index in [2.05, 4.69) is 20.1 Å². The Bertz CT molecular complexity index is 1050. The highest BCUT2D eigenvalue weighted by atomic mass is 35.5. The summed E-state index contributed by atoms with van der Waals surface area (Å²) in [5.74, 6) is 0.283. The van der Waals surface area contributed by atoms with Gasteiger partial charge in [-0.05, 0) is 43.4 Å². The Morgan fingerprint density at radius 1 is 1.29 bits per heavy atom. The topological polar surface area (TPSA) is 87.9 Å². The van der Waals surface area contributed by atoms with Crippen molar-refractivity contribution in [3.8, 4) is 11.6 Å². The van der Waals surface area contributed by atoms with E-state index < -0.39 is 5.95 Å². The first-order chi connectivity index (χ1) is 13.6. The molecule has 2 unspecified atom stereocenters. The van der Waals surface area contributed by atoms with Crippen LogP contribution in [0.5, 0.6) is 0 Å². The largest absolute Gasteiger partial charge is 0.356 e. The molecule has 5 rings (SSSR count). The van der Waals surface area contributed by atoms with Crippen LogP contribution in [0.25, 0.3) is 11.6 Å². The summed E-state index contributed by atoms with van der Waals surface area (Å²) in [4.78, 5) is 26.1. The number of nitrogens with one attached hydrogen (secondary N) is 1. The zero-order valence-corrected chi connectivity index (χ0v) is 15.6. The molecular formula is C19H17ClFN5O2. The predicted molar refractivity (Wildman–Crippen MR) is 98.4 cm³/mol. The monoisotopic (exact) mass is 401 g/mol. The Morgan fingerprint density at radius 3 is 3.00 bits per heavy atom. The second-order valence-electron chi connectivity index (χ2n) is 7.28. The van der Waals surface area contributed by atoms with Gasteiger partial charge in [0.2, 0.25) is 5.95 Å². The van der Waals surface area contributed by atoms with Gasteiger partial charge >= 0.3 is 0 Å². The number of fused-ring (bicyclic) bond motifs is 2. The molecule has 0 saturated carbocycles. The van der Waals surface area contributed by atoms with Gasteiger partial charge in [0, 0.05) is 30.9 Å². The molecule has 1 saturated heterocycles. The normalized spacial score (nSPS) is 21.9. The van der Waals surface area contributed by atoms with Crippen molar-refractivity contribution in [2.45, 2.75) is 37.6 Å². The molecule has 2 atom stereocenters. The Labute approximate surface area is 164 Å². The van der Waals surface area contributed by atoms with E-state index in [4.69, 9.17) is 16.1 Å². The number of carbonyl (C=O) groups is 1. The molecule has 7 nitrogen and oxygen atoms in total. The Kier molecular flexibility index (Phi) is 4.16. The van der Waals surface area contributed by atoms with Crippen LogP contribution in [0.15, 0.2) is 29.0 Å². The lowest BCUT2D eigenvalue weighted by Crippen LogP contribution is -2.45. The molecular weight excluding hydrogens is 385 g/mol. The number of aromatic nitrogens is 4. The number of aryl methyl sites for hydroxylation is 1. The standard InChI is InChI=1S/C19H17ClFN5O2/c20-12-6-15(22-7-12)18-24-17(25-28-18)11-2-4-13-3-1-10-5-16(21)23-8-14(10)19(27)26(13)9-11/h5-8,11,13,22H,1-4,9H2. The van der Waals surface area contributed by atoms with Crippen LogP contribution >= 0.6 is 11.6 Å². The number of carbonyl (C=O) groups excluding carboxylic acids is 1. The summed E-state index contributed by atoms with van der Waals surface area (Å²) in [6.07, 6.45) is 6.19. The van der Waals surface area contributed by atoms with Crippen molar-refractivity contribution in [1.82, 2.24) is 25.0 Å². The fourth-order valence-corrected chi connectivity index (χ4v) is 4.30. The lowest BCUT2D eigenvalue weighted by molar-refractivity contribution is 0.0582. The number of H-pyrrole nitrogens is 1. The second kappa shape index (κ2) is 6.70. The predicted octanol–water partition coefficient (Wildman–Crippen LogP) is 3.59. The number of rotatable bonds is 2. The third kappa shape index (κ3) is 2.97. The zero-order chi connectivity index (χ0) is 19.3. The molecule has 144 valence electrons. The maximum absolute atomic E-state index is 13.5. The van der Waals surface area contributed by atoms with Crippen LogP contribution in [0.1, 0.15) is 46.9 Å². The minimum atomic E-state index is -0.548. The molecule has 3 aromatic rings. The summed E-state index contributed by atoms with van der Waals surface area (Å²) >= 11 is 5.93. The number of hydrogen-bond acceptors (Lipinski definition) is 5. The van der Waals surface area contributed by atoms with E-state index >= 15 is 0 Å². The Morgan fingerprint density at radius 2 is 2.18 bits per heavy atom. The van der Waals surface area contributed by atoms with E-state index in [1.807, 2.05) is 4.90 Å². The highest BCUT2D eigenvalue weighted by Gasteiger charge is 2.37. The molecule has 1 N–H and O–H groups in total. The van der Waals surface area contributed by atoms with Crippen LogP contribution in [0, 0.1) is 5.95 Å². The third-order valence-corrected chi connectivity index (χ3v) is 5.80. The van der Waals surface area contributed by atoms with Crippen molar-refractivity contribution in [3.63, 3.8) is 0 Å². The molecule has 2 aliphatic rings. The molecule has 0 bridgehead atoms. The molecule has 2 aliphatic heterocycles. The molecule has 9 heteroatoms. The van der Waals surface area contributed by atoms with Crippen molar-refractivity contribution < 1.29 is 13.7 Å². The Hall–Kier alpha value is -2.74. The number of nitrogens with zero attached hydrogens (tertiary/aromatic N) is 4. The Balaban J connectivity index is 1.40. The number of pyridine rings is 1.